The van der Waals surface area contributed by atoms with E-state index < -0.39 is 35.1 Å². The number of aliphatic carboxylic acids is 1. The number of carbonyl (C=O) groups excluding carboxylic acids is 1. The molecule has 2 heterocycles. The van der Waals surface area contributed by atoms with Crippen molar-refractivity contribution < 1.29 is 23.5 Å². The number of nitrogens with zero attached hydrogens (tertiary/aromatic N) is 3. The van der Waals surface area contributed by atoms with Crippen molar-refractivity contribution in [1.29, 1.82) is 0 Å². The Bertz CT molecular complexity index is 966. The lowest BCUT2D eigenvalue weighted by Crippen LogP contribution is -2.35. The third-order valence-corrected chi connectivity index (χ3v) is 3.54. The van der Waals surface area contributed by atoms with E-state index in [2.05, 4.69) is 15.4 Å². The zero-order valence-electron chi connectivity index (χ0n) is 12.9. The van der Waals surface area contributed by atoms with Gasteiger partial charge in [0.05, 0.1) is 16.8 Å². The molecule has 3 aromatic rings. The summed E-state index contributed by atoms with van der Waals surface area (Å²) in [6, 6.07) is 2.62. The number of rotatable bonds is 4. The van der Waals surface area contributed by atoms with Crippen LogP contribution in [-0.2, 0) is 4.79 Å². The summed E-state index contributed by atoms with van der Waals surface area (Å²) in [5, 5.41) is 15.5. The standard InChI is InChI=1S/C16H12F2N4O3/c1-8-7-11-13(19-5-6-22(11)21-8)15(23)20-14(16(24)25)12-9(17)3-2-4-10(12)18/h2-7,14H,1H3,(H,20,23)(H,24,25). The highest BCUT2D eigenvalue weighted by Gasteiger charge is 2.29. The molecular formula is C16H12F2N4O3. The first kappa shape index (κ1) is 16.5. The minimum atomic E-state index is -1.90. The molecule has 0 bridgehead atoms. The molecule has 7 nitrogen and oxygen atoms in total. The first-order valence-corrected chi connectivity index (χ1v) is 7.17. The van der Waals surface area contributed by atoms with Crippen LogP contribution in [0.3, 0.4) is 0 Å². The highest BCUT2D eigenvalue weighted by atomic mass is 19.1. The third-order valence-electron chi connectivity index (χ3n) is 3.54. The Kier molecular flexibility index (Phi) is 4.14. The first-order chi connectivity index (χ1) is 11.9. The van der Waals surface area contributed by atoms with Crippen LogP contribution in [0.25, 0.3) is 5.52 Å². The average Bonchev–Trinajstić information content (AvgIpc) is 2.93. The van der Waals surface area contributed by atoms with Gasteiger partial charge in [-0.2, -0.15) is 5.10 Å². The van der Waals surface area contributed by atoms with Crippen LogP contribution in [0.1, 0.15) is 27.8 Å². The molecule has 1 aromatic carbocycles. The molecule has 2 N–H and O–H groups in total. The van der Waals surface area contributed by atoms with Gasteiger partial charge in [0.15, 0.2) is 11.7 Å². The van der Waals surface area contributed by atoms with Crippen molar-refractivity contribution >= 4 is 17.4 Å². The lowest BCUT2D eigenvalue weighted by atomic mass is 10.1. The molecule has 1 amide bonds. The Morgan fingerprint density at radius 2 is 1.96 bits per heavy atom. The molecule has 0 aliphatic rings. The second kappa shape index (κ2) is 6.27. The van der Waals surface area contributed by atoms with Crippen LogP contribution >= 0.6 is 0 Å². The monoisotopic (exact) mass is 346 g/mol. The van der Waals surface area contributed by atoms with Crippen molar-refractivity contribution in [2.75, 3.05) is 0 Å². The summed E-state index contributed by atoms with van der Waals surface area (Å²) >= 11 is 0. The van der Waals surface area contributed by atoms with Crippen molar-refractivity contribution in [2.45, 2.75) is 13.0 Å². The molecule has 128 valence electrons. The maximum atomic E-state index is 13.9. The molecule has 0 saturated heterocycles. The Morgan fingerprint density at radius 1 is 1.28 bits per heavy atom. The minimum Gasteiger partial charge on any atom is -0.479 e. The van der Waals surface area contributed by atoms with Gasteiger partial charge in [0.1, 0.15) is 11.6 Å². The van der Waals surface area contributed by atoms with Gasteiger partial charge in [-0.25, -0.2) is 23.1 Å². The van der Waals surface area contributed by atoms with Crippen molar-refractivity contribution in [3.05, 3.63) is 65.2 Å². The van der Waals surface area contributed by atoms with Gasteiger partial charge in [-0.3, -0.25) is 4.79 Å². The van der Waals surface area contributed by atoms with Crippen LogP contribution in [0.15, 0.2) is 36.7 Å². The number of benzene rings is 1. The van der Waals surface area contributed by atoms with Crippen LogP contribution in [0.2, 0.25) is 0 Å². The maximum Gasteiger partial charge on any atom is 0.331 e. The summed E-state index contributed by atoms with van der Waals surface area (Å²) in [7, 11) is 0. The van der Waals surface area contributed by atoms with E-state index in [0.29, 0.717) is 11.2 Å². The highest BCUT2D eigenvalue weighted by molar-refractivity contribution is 6.00. The summed E-state index contributed by atoms with van der Waals surface area (Å²) in [6.45, 7) is 1.71. The number of aryl methyl sites for hydroxylation is 1. The van der Waals surface area contributed by atoms with Gasteiger partial charge >= 0.3 is 5.97 Å². The fraction of sp³-hybridized carbons (Fsp3) is 0.125. The molecule has 0 spiro atoms. The predicted molar refractivity (Wildman–Crippen MR) is 81.9 cm³/mol. The molecule has 2 aromatic heterocycles. The number of carbonyl (C=O) groups is 2. The molecule has 0 saturated carbocycles. The Balaban J connectivity index is 2.00. The number of nitrogens with one attached hydrogen (secondary N) is 1. The van der Waals surface area contributed by atoms with Crippen LogP contribution < -0.4 is 5.32 Å². The molecule has 3 rings (SSSR count). The van der Waals surface area contributed by atoms with Crippen LogP contribution in [0.5, 0.6) is 0 Å². The number of halogens is 2. The zero-order valence-corrected chi connectivity index (χ0v) is 12.9. The van der Waals surface area contributed by atoms with Crippen LogP contribution in [0, 0.1) is 18.6 Å². The lowest BCUT2D eigenvalue weighted by molar-refractivity contribution is -0.139. The molecule has 0 radical (unpaired) electrons. The molecule has 25 heavy (non-hydrogen) atoms. The van der Waals surface area contributed by atoms with E-state index in [9.17, 15) is 23.5 Å². The van der Waals surface area contributed by atoms with Crippen LogP contribution in [0.4, 0.5) is 8.78 Å². The molecular weight excluding hydrogens is 334 g/mol. The number of aromatic nitrogens is 3. The molecule has 0 fully saturated rings. The number of fused-ring (bicyclic) bond motifs is 1. The minimum absolute atomic E-state index is 0.105. The van der Waals surface area contributed by atoms with Gasteiger partial charge in [0, 0.05) is 12.4 Å². The van der Waals surface area contributed by atoms with Gasteiger partial charge in [-0.15, -0.1) is 0 Å². The van der Waals surface area contributed by atoms with Gasteiger partial charge < -0.3 is 10.4 Å². The van der Waals surface area contributed by atoms with E-state index >= 15 is 0 Å². The fourth-order valence-corrected chi connectivity index (χ4v) is 2.46. The number of hydrogen-bond acceptors (Lipinski definition) is 4. The predicted octanol–water partition coefficient (Wildman–Crippen LogP) is 1.87. The SMILES string of the molecule is Cc1cc2c(C(=O)NC(C(=O)O)c3c(F)cccc3F)nccn2n1. The molecule has 1 atom stereocenters. The van der Waals surface area contributed by atoms with E-state index in [1.165, 1.54) is 16.9 Å². The van der Waals surface area contributed by atoms with Crippen LogP contribution in [-0.4, -0.2) is 31.6 Å². The topological polar surface area (TPSA) is 96.6 Å². The maximum absolute atomic E-state index is 13.9. The molecule has 0 aliphatic heterocycles. The quantitative estimate of drug-likeness (QED) is 0.752. The van der Waals surface area contributed by atoms with Crippen molar-refractivity contribution in [1.82, 2.24) is 19.9 Å². The van der Waals surface area contributed by atoms with E-state index in [1.807, 2.05) is 0 Å². The van der Waals surface area contributed by atoms with E-state index in [0.717, 1.165) is 18.2 Å². The normalized spacial score (nSPS) is 12.1. The Hall–Kier alpha value is -3.36. The molecule has 0 aliphatic carbocycles. The van der Waals surface area contributed by atoms with Crippen molar-refractivity contribution in [3.63, 3.8) is 0 Å². The smallest absolute Gasteiger partial charge is 0.331 e. The third kappa shape index (κ3) is 3.03. The average molecular weight is 346 g/mol. The largest absolute Gasteiger partial charge is 0.479 e. The summed E-state index contributed by atoms with van der Waals surface area (Å²) in [4.78, 5) is 27.8. The summed E-state index contributed by atoms with van der Waals surface area (Å²) in [5.41, 5.74) is 0.110. The summed E-state index contributed by atoms with van der Waals surface area (Å²) in [5.74, 6) is -4.63. The van der Waals surface area contributed by atoms with E-state index in [4.69, 9.17) is 0 Å². The summed E-state index contributed by atoms with van der Waals surface area (Å²) < 4.78 is 29.2. The lowest BCUT2D eigenvalue weighted by Gasteiger charge is -2.16. The number of hydrogen-bond donors (Lipinski definition) is 2. The fourth-order valence-electron chi connectivity index (χ4n) is 2.46. The van der Waals surface area contributed by atoms with Crippen molar-refractivity contribution in [3.8, 4) is 0 Å². The second-order valence-electron chi connectivity index (χ2n) is 5.27. The number of amides is 1. The van der Waals surface area contributed by atoms with Crippen molar-refractivity contribution in [2.24, 2.45) is 0 Å². The zero-order chi connectivity index (χ0) is 18.1. The van der Waals surface area contributed by atoms with Gasteiger partial charge in [0.2, 0.25) is 0 Å². The van der Waals surface area contributed by atoms with E-state index in [-0.39, 0.29) is 5.69 Å². The van der Waals surface area contributed by atoms with Gasteiger partial charge in [0.25, 0.3) is 5.91 Å². The van der Waals surface area contributed by atoms with Gasteiger partial charge in [-0.05, 0) is 25.1 Å². The Morgan fingerprint density at radius 3 is 2.60 bits per heavy atom. The van der Waals surface area contributed by atoms with Gasteiger partial charge in [-0.1, -0.05) is 6.07 Å². The first-order valence-electron chi connectivity index (χ1n) is 7.17. The summed E-state index contributed by atoms with van der Waals surface area (Å²) in [6.07, 6.45) is 2.83. The molecule has 9 heteroatoms. The van der Waals surface area contributed by atoms with E-state index in [1.54, 1.807) is 13.0 Å². The number of carboxylic acid groups (broad SMARTS) is 1. The Labute approximate surface area is 139 Å². The second-order valence-corrected chi connectivity index (χ2v) is 5.27. The number of carboxylic acids is 1. The molecule has 1 unspecified atom stereocenters. The highest BCUT2D eigenvalue weighted by Crippen LogP contribution is 2.22.